The van der Waals surface area contributed by atoms with Crippen molar-refractivity contribution in [1.82, 2.24) is 15.5 Å². The van der Waals surface area contributed by atoms with Crippen molar-refractivity contribution in [3.63, 3.8) is 0 Å². The first kappa shape index (κ1) is 15.5. The van der Waals surface area contributed by atoms with Gasteiger partial charge in [-0.2, -0.15) is 0 Å². The Bertz CT molecular complexity index is 461. The van der Waals surface area contributed by atoms with E-state index in [-0.39, 0.29) is 11.8 Å². The minimum atomic E-state index is 0.0291. The van der Waals surface area contributed by atoms with Gasteiger partial charge < -0.3 is 15.0 Å². The molecule has 0 unspecified atom stereocenters. The molecular formula is C15H24N4O2. The zero-order valence-electron chi connectivity index (χ0n) is 13.0. The lowest BCUT2D eigenvalue weighted by Gasteiger charge is -2.32. The van der Waals surface area contributed by atoms with Crippen molar-refractivity contribution in [1.29, 1.82) is 0 Å². The highest BCUT2D eigenvalue weighted by atomic mass is 16.5. The third-order valence-corrected chi connectivity index (χ3v) is 3.64. The lowest BCUT2D eigenvalue weighted by atomic mass is 9.97. The monoisotopic (exact) mass is 292 g/mol. The third kappa shape index (κ3) is 4.31. The van der Waals surface area contributed by atoms with Crippen LogP contribution in [0.5, 0.6) is 5.88 Å². The Hall–Kier alpha value is -1.85. The standard InChI is InChI=1S/C15H24N4O2/c1-11(2)9-16-15(20)12-5-4-8-19(10-12)13-6-7-14(21-3)18-17-13/h6-7,11-12H,4-5,8-10H2,1-3H3,(H,16,20)/t12-/m1/s1. The van der Waals surface area contributed by atoms with Gasteiger partial charge in [-0.15, -0.1) is 10.2 Å². The van der Waals surface area contributed by atoms with Crippen LogP contribution in [0.3, 0.4) is 0 Å². The Kier molecular flexibility index (Phi) is 5.36. The van der Waals surface area contributed by atoms with Crippen molar-refractivity contribution in [2.75, 3.05) is 31.6 Å². The minimum Gasteiger partial charge on any atom is -0.480 e. The molecule has 0 bridgehead atoms. The van der Waals surface area contributed by atoms with Gasteiger partial charge in [0.1, 0.15) is 0 Å². The Balaban J connectivity index is 1.94. The Labute approximate surface area is 125 Å². The van der Waals surface area contributed by atoms with Crippen LogP contribution in [0.4, 0.5) is 5.82 Å². The van der Waals surface area contributed by atoms with E-state index < -0.39 is 0 Å². The molecule has 0 spiro atoms. The first-order valence-corrected chi connectivity index (χ1v) is 7.50. The quantitative estimate of drug-likeness (QED) is 0.890. The molecule has 1 aliphatic rings. The van der Waals surface area contributed by atoms with Gasteiger partial charge in [-0.1, -0.05) is 13.8 Å². The number of carbonyl (C=O) groups excluding carboxylic acids is 1. The van der Waals surface area contributed by atoms with E-state index in [0.29, 0.717) is 18.3 Å². The van der Waals surface area contributed by atoms with Gasteiger partial charge in [0.2, 0.25) is 11.8 Å². The van der Waals surface area contributed by atoms with E-state index in [1.54, 1.807) is 13.2 Å². The van der Waals surface area contributed by atoms with Gasteiger partial charge in [0.15, 0.2) is 5.82 Å². The van der Waals surface area contributed by atoms with Crippen LogP contribution in [0, 0.1) is 11.8 Å². The van der Waals surface area contributed by atoms with Gasteiger partial charge in [-0.05, 0) is 24.8 Å². The molecule has 21 heavy (non-hydrogen) atoms. The van der Waals surface area contributed by atoms with Crippen molar-refractivity contribution < 1.29 is 9.53 Å². The van der Waals surface area contributed by atoms with Gasteiger partial charge in [-0.3, -0.25) is 4.79 Å². The van der Waals surface area contributed by atoms with Crippen LogP contribution in [0.2, 0.25) is 0 Å². The normalized spacial score (nSPS) is 18.7. The van der Waals surface area contributed by atoms with E-state index in [2.05, 4.69) is 34.3 Å². The maximum absolute atomic E-state index is 12.2. The molecule has 1 fully saturated rings. The highest BCUT2D eigenvalue weighted by molar-refractivity contribution is 5.79. The summed E-state index contributed by atoms with van der Waals surface area (Å²) in [5, 5.41) is 11.2. The van der Waals surface area contributed by atoms with Crippen LogP contribution < -0.4 is 15.0 Å². The number of methoxy groups -OCH3 is 1. The van der Waals surface area contributed by atoms with Crippen molar-refractivity contribution in [3.05, 3.63) is 12.1 Å². The van der Waals surface area contributed by atoms with E-state index >= 15 is 0 Å². The maximum Gasteiger partial charge on any atom is 0.233 e. The highest BCUT2D eigenvalue weighted by Crippen LogP contribution is 2.22. The number of nitrogens with zero attached hydrogens (tertiary/aromatic N) is 3. The van der Waals surface area contributed by atoms with Gasteiger partial charge in [0, 0.05) is 25.7 Å². The number of hydrogen-bond donors (Lipinski definition) is 1. The van der Waals surface area contributed by atoms with Crippen LogP contribution in [0.25, 0.3) is 0 Å². The summed E-state index contributed by atoms with van der Waals surface area (Å²) in [6.07, 6.45) is 1.93. The zero-order valence-corrected chi connectivity index (χ0v) is 13.0. The first-order chi connectivity index (χ1) is 10.1. The zero-order chi connectivity index (χ0) is 15.2. The summed E-state index contributed by atoms with van der Waals surface area (Å²) in [6.45, 7) is 6.54. The van der Waals surface area contributed by atoms with Crippen molar-refractivity contribution in [2.24, 2.45) is 11.8 Å². The molecule has 1 aromatic heterocycles. The fourth-order valence-electron chi connectivity index (χ4n) is 2.44. The smallest absolute Gasteiger partial charge is 0.233 e. The fraction of sp³-hybridized carbons (Fsp3) is 0.667. The van der Waals surface area contributed by atoms with Crippen molar-refractivity contribution >= 4 is 11.7 Å². The number of hydrogen-bond acceptors (Lipinski definition) is 5. The molecular weight excluding hydrogens is 268 g/mol. The second kappa shape index (κ2) is 7.24. The summed E-state index contributed by atoms with van der Waals surface area (Å²) in [4.78, 5) is 14.3. The lowest BCUT2D eigenvalue weighted by molar-refractivity contribution is -0.125. The van der Waals surface area contributed by atoms with Gasteiger partial charge in [-0.25, -0.2) is 0 Å². The predicted octanol–water partition coefficient (Wildman–Crippen LogP) is 1.47. The van der Waals surface area contributed by atoms with Crippen LogP contribution in [0.15, 0.2) is 12.1 Å². The van der Waals surface area contributed by atoms with Gasteiger partial charge in [0.25, 0.3) is 0 Å². The summed E-state index contributed by atoms with van der Waals surface area (Å²) in [5.74, 6) is 1.96. The topological polar surface area (TPSA) is 67.3 Å². The molecule has 0 aromatic carbocycles. The number of piperidine rings is 1. The van der Waals surface area contributed by atoms with Crippen molar-refractivity contribution in [2.45, 2.75) is 26.7 Å². The largest absolute Gasteiger partial charge is 0.480 e. The van der Waals surface area contributed by atoms with Gasteiger partial charge in [0.05, 0.1) is 13.0 Å². The Morgan fingerprint density at radius 1 is 1.48 bits per heavy atom. The number of carbonyl (C=O) groups is 1. The molecule has 1 aromatic rings. The maximum atomic E-state index is 12.2. The number of nitrogens with one attached hydrogen (secondary N) is 1. The van der Waals surface area contributed by atoms with Crippen LogP contribution in [-0.4, -0.2) is 42.8 Å². The summed E-state index contributed by atoms with van der Waals surface area (Å²) < 4.78 is 5.01. The molecule has 6 heteroatoms. The first-order valence-electron chi connectivity index (χ1n) is 7.50. The highest BCUT2D eigenvalue weighted by Gasteiger charge is 2.26. The molecule has 116 valence electrons. The van der Waals surface area contributed by atoms with E-state index in [1.807, 2.05) is 6.07 Å². The second-order valence-electron chi connectivity index (χ2n) is 5.86. The summed E-state index contributed by atoms with van der Waals surface area (Å²) in [6, 6.07) is 3.69. The molecule has 1 N–H and O–H groups in total. The molecule has 6 nitrogen and oxygen atoms in total. The molecule has 0 aliphatic carbocycles. The minimum absolute atomic E-state index is 0.0291. The molecule has 1 saturated heterocycles. The average molecular weight is 292 g/mol. The molecule has 2 heterocycles. The number of aromatic nitrogens is 2. The summed E-state index contributed by atoms with van der Waals surface area (Å²) >= 11 is 0. The Morgan fingerprint density at radius 2 is 2.29 bits per heavy atom. The number of amides is 1. The number of rotatable bonds is 5. The molecule has 0 radical (unpaired) electrons. The molecule has 1 aliphatic heterocycles. The van der Waals surface area contributed by atoms with Crippen LogP contribution in [-0.2, 0) is 4.79 Å². The van der Waals surface area contributed by atoms with Crippen LogP contribution in [0.1, 0.15) is 26.7 Å². The fourth-order valence-corrected chi connectivity index (χ4v) is 2.44. The van der Waals surface area contributed by atoms with Gasteiger partial charge >= 0.3 is 0 Å². The SMILES string of the molecule is COc1ccc(N2CCC[C@@H](C(=O)NCC(C)C)C2)nn1. The van der Waals surface area contributed by atoms with E-state index in [0.717, 1.165) is 31.7 Å². The van der Waals surface area contributed by atoms with Crippen LogP contribution >= 0.6 is 0 Å². The second-order valence-corrected chi connectivity index (χ2v) is 5.86. The van der Waals surface area contributed by atoms with E-state index in [4.69, 9.17) is 4.74 Å². The summed E-state index contributed by atoms with van der Waals surface area (Å²) in [5.41, 5.74) is 0. The predicted molar refractivity (Wildman–Crippen MR) is 81.4 cm³/mol. The van der Waals surface area contributed by atoms with E-state index in [1.165, 1.54) is 0 Å². The number of anilines is 1. The summed E-state index contributed by atoms with van der Waals surface area (Å²) in [7, 11) is 1.57. The Morgan fingerprint density at radius 3 is 2.90 bits per heavy atom. The molecule has 2 rings (SSSR count). The van der Waals surface area contributed by atoms with E-state index in [9.17, 15) is 4.79 Å². The average Bonchev–Trinajstić information content (AvgIpc) is 2.52. The lowest BCUT2D eigenvalue weighted by Crippen LogP contribution is -2.44. The molecule has 1 atom stereocenters. The molecule has 0 saturated carbocycles. The molecule has 1 amide bonds. The third-order valence-electron chi connectivity index (χ3n) is 3.64. The number of ether oxygens (including phenoxy) is 1. The van der Waals surface area contributed by atoms with Crippen molar-refractivity contribution in [3.8, 4) is 5.88 Å².